The first-order valence-corrected chi connectivity index (χ1v) is 10.5. The van der Waals surface area contributed by atoms with Crippen molar-refractivity contribution in [2.75, 3.05) is 11.4 Å². The van der Waals surface area contributed by atoms with Crippen LogP contribution in [0, 0.1) is 0 Å². The zero-order chi connectivity index (χ0) is 21.5. The predicted octanol–water partition coefficient (Wildman–Crippen LogP) is 3.96. The van der Waals surface area contributed by atoms with Crippen molar-refractivity contribution >= 4 is 34.2 Å². The Labute approximate surface area is 182 Å². The van der Waals surface area contributed by atoms with Gasteiger partial charge in [-0.25, -0.2) is 4.79 Å². The molecule has 3 heterocycles. The van der Waals surface area contributed by atoms with E-state index >= 15 is 0 Å². The standard InChI is InChI=1S/C22H20ClN5O3/c1-2-8-27-18-7-6-13(9-17(18)24-22(27)30)20-25-21(31-26-20)14-10-19(29)28(12-14)16-5-3-4-15(23)11-16/h3-7,9,11,14H,2,8,10,12H2,1H3,(H,24,30)/t14-/m1/s1. The lowest BCUT2D eigenvalue weighted by Gasteiger charge is -2.16. The van der Waals surface area contributed by atoms with Crippen LogP contribution in [0.15, 0.2) is 51.8 Å². The van der Waals surface area contributed by atoms with Gasteiger partial charge in [-0.3, -0.25) is 9.36 Å². The minimum absolute atomic E-state index is 0.0109. The number of hydrogen-bond acceptors (Lipinski definition) is 5. The highest BCUT2D eigenvalue weighted by molar-refractivity contribution is 6.30. The molecule has 1 N–H and O–H groups in total. The smallest absolute Gasteiger partial charge is 0.326 e. The maximum absolute atomic E-state index is 12.5. The number of benzene rings is 2. The van der Waals surface area contributed by atoms with Crippen LogP contribution in [0.4, 0.5) is 5.69 Å². The second kappa shape index (κ2) is 7.70. The van der Waals surface area contributed by atoms with Crippen LogP contribution >= 0.6 is 11.6 Å². The van der Waals surface area contributed by atoms with Crippen molar-refractivity contribution in [3.05, 3.63) is 63.9 Å². The van der Waals surface area contributed by atoms with E-state index in [-0.39, 0.29) is 17.5 Å². The van der Waals surface area contributed by atoms with Crippen molar-refractivity contribution in [2.45, 2.75) is 32.2 Å². The highest BCUT2D eigenvalue weighted by atomic mass is 35.5. The van der Waals surface area contributed by atoms with E-state index in [1.165, 1.54) is 0 Å². The Bertz CT molecular complexity index is 1340. The number of anilines is 1. The van der Waals surface area contributed by atoms with Gasteiger partial charge in [0.1, 0.15) is 0 Å². The van der Waals surface area contributed by atoms with E-state index in [0.29, 0.717) is 36.2 Å². The Morgan fingerprint density at radius 3 is 2.90 bits per heavy atom. The Morgan fingerprint density at radius 1 is 1.23 bits per heavy atom. The van der Waals surface area contributed by atoms with E-state index in [4.69, 9.17) is 16.1 Å². The summed E-state index contributed by atoms with van der Waals surface area (Å²) < 4.78 is 7.21. The number of aryl methyl sites for hydroxylation is 1. The SMILES string of the molecule is CCCn1c(=O)[nH]c2cc(-c3noc([C@@H]4CC(=O)N(c5cccc(Cl)c5)C4)n3)ccc21. The molecular formula is C22H20ClN5O3. The molecule has 1 aliphatic heterocycles. The molecule has 0 unspecified atom stereocenters. The number of aromatic nitrogens is 4. The van der Waals surface area contributed by atoms with Crippen LogP contribution in [-0.4, -0.2) is 32.1 Å². The molecule has 2 aromatic heterocycles. The van der Waals surface area contributed by atoms with E-state index in [2.05, 4.69) is 15.1 Å². The van der Waals surface area contributed by atoms with Crippen molar-refractivity contribution in [1.29, 1.82) is 0 Å². The van der Waals surface area contributed by atoms with E-state index < -0.39 is 0 Å². The molecule has 4 aromatic rings. The minimum atomic E-state index is -0.193. The monoisotopic (exact) mass is 437 g/mol. The number of carbonyl (C=O) groups is 1. The van der Waals surface area contributed by atoms with Gasteiger partial charge < -0.3 is 14.4 Å². The third-order valence-electron chi connectivity index (χ3n) is 5.52. The van der Waals surface area contributed by atoms with Crippen LogP contribution in [-0.2, 0) is 11.3 Å². The zero-order valence-corrected chi connectivity index (χ0v) is 17.6. The zero-order valence-electron chi connectivity index (χ0n) is 16.8. The van der Waals surface area contributed by atoms with Gasteiger partial charge in [0.25, 0.3) is 0 Å². The fraction of sp³-hybridized carbons (Fsp3) is 0.273. The summed E-state index contributed by atoms with van der Waals surface area (Å²) in [5, 5.41) is 4.68. The molecule has 0 aliphatic carbocycles. The molecule has 31 heavy (non-hydrogen) atoms. The summed E-state index contributed by atoms with van der Waals surface area (Å²) >= 11 is 6.06. The van der Waals surface area contributed by atoms with Crippen molar-refractivity contribution < 1.29 is 9.32 Å². The molecule has 1 atom stereocenters. The van der Waals surface area contributed by atoms with E-state index in [0.717, 1.165) is 28.7 Å². The quantitative estimate of drug-likeness (QED) is 0.509. The lowest BCUT2D eigenvalue weighted by molar-refractivity contribution is -0.117. The molecule has 2 aromatic carbocycles. The highest BCUT2D eigenvalue weighted by Gasteiger charge is 2.35. The van der Waals surface area contributed by atoms with Crippen LogP contribution in [0.5, 0.6) is 0 Å². The topological polar surface area (TPSA) is 97.0 Å². The molecule has 5 rings (SSSR count). The van der Waals surface area contributed by atoms with Crippen LogP contribution in [0.2, 0.25) is 5.02 Å². The van der Waals surface area contributed by atoms with Crippen LogP contribution < -0.4 is 10.6 Å². The number of fused-ring (bicyclic) bond motifs is 1. The lowest BCUT2D eigenvalue weighted by Crippen LogP contribution is -2.24. The maximum Gasteiger partial charge on any atom is 0.326 e. The number of carbonyl (C=O) groups excluding carboxylic acids is 1. The molecule has 0 spiro atoms. The predicted molar refractivity (Wildman–Crippen MR) is 117 cm³/mol. The molecular weight excluding hydrogens is 418 g/mol. The summed E-state index contributed by atoms with van der Waals surface area (Å²) in [6.45, 7) is 3.14. The molecule has 1 saturated heterocycles. The number of nitrogens with zero attached hydrogens (tertiary/aromatic N) is 4. The highest BCUT2D eigenvalue weighted by Crippen LogP contribution is 2.33. The summed E-state index contributed by atoms with van der Waals surface area (Å²) in [7, 11) is 0. The average Bonchev–Trinajstić information content (AvgIpc) is 3.46. The normalized spacial score (nSPS) is 16.5. The molecule has 1 amide bonds. The van der Waals surface area contributed by atoms with Gasteiger partial charge in [-0.15, -0.1) is 0 Å². The molecule has 158 valence electrons. The number of halogens is 1. The number of nitrogens with one attached hydrogen (secondary N) is 1. The largest absolute Gasteiger partial charge is 0.339 e. The molecule has 1 fully saturated rings. The summed E-state index contributed by atoms with van der Waals surface area (Å²) in [6.07, 6.45) is 1.16. The van der Waals surface area contributed by atoms with Crippen LogP contribution in [0.3, 0.4) is 0 Å². The first-order chi connectivity index (χ1) is 15.0. The summed E-state index contributed by atoms with van der Waals surface area (Å²) in [5.74, 6) is 0.643. The van der Waals surface area contributed by atoms with Crippen molar-refractivity contribution in [2.24, 2.45) is 0 Å². The minimum Gasteiger partial charge on any atom is -0.339 e. The molecule has 1 aliphatic rings. The Hall–Kier alpha value is -3.39. The Morgan fingerprint density at radius 2 is 2.10 bits per heavy atom. The average molecular weight is 438 g/mol. The van der Waals surface area contributed by atoms with Gasteiger partial charge in [-0.1, -0.05) is 29.7 Å². The number of aromatic amines is 1. The second-order valence-corrected chi connectivity index (χ2v) is 8.09. The summed E-state index contributed by atoms with van der Waals surface area (Å²) in [6, 6.07) is 12.8. The third-order valence-corrected chi connectivity index (χ3v) is 5.75. The van der Waals surface area contributed by atoms with Gasteiger partial charge in [0.2, 0.25) is 17.6 Å². The van der Waals surface area contributed by atoms with E-state index in [1.807, 2.05) is 37.3 Å². The second-order valence-electron chi connectivity index (χ2n) is 7.66. The maximum atomic E-state index is 12.5. The summed E-state index contributed by atoms with van der Waals surface area (Å²) in [4.78, 5) is 33.8. The van der Waals surface area contributed by atoms with Gasteiger partial charge in [0.05, 0.1) is 17.0 Å². The fourth-order valence-electron chi connectivity index (χ4n) is 4.03. The number of H-pyrrole nitrogens is 1. The fourth-order valence-corrected chi connectivity index (χ4v) is 4.22. The van der Waals surface area contributed by atoms with E-state index in [1.54, 1.807) is 21.6 Å². The Kier molecular flexibility index (Phi) is 4.86. The van der Waals surface area contributed by atoms with Gasteiger partial charge in [-0.2, -0.15) is 4.98 Å². The first kappa shape index (κ1) is 19.6. The molecule has 0 radical (unpaired) electrons. The molecule has 8 nitrogen and oxygen atoms in total. The number of hydrogen-bond donors (Lipinski definition) is 1. The molecule has 0 bridgehead atoms. The van der Waals surface area contributed by atoms with Crippen LogP contribution in [0.25, 0.3) is 22.4 Å². The van der Waals surface area contributed by atoms with Gasteiger partial charge >= 0.3 is 5.69 Å². The molecule has 0 saturated carbocycles. The van der Waals surface area contributed by atoms with Crippen molar-refractivity contribution in [1.82, 2.24) is 19.7 Å². The van der Waals surface area contributed by atoms with Crippen LogP contribution in [0.1, 0.15) is 31.6 Å². The van der Waals surface area contributed by atoms with E-state index in [9.17, 15) is 9.59 Å². The number of amides is 1. The Balaban J connectivity index is 1.40. The third kappa shape index (κ3) is 3.53. The summed E-state index contributed by atoms with van der Waals surface area (Å²) in [5.41, 5.74) is 2.94. The van der Waals surface area contributed by atoms with Crippen molar-refractivity contribution in [3.63, 3.8) is 0 Å². The first-order valence-electron chi connectivity index (χ1n) is 10.2. The van der Waals surface area contributed by atoms with Crippen molar-refractivity contribution in [3.8, 4) is 11.4 Å². The van der Waals surface area contributed by atoms with Gasteiger partial charge in [-0.05, 0) is 42.8 Å². The molecule has 9 heteroatoms. The lowest BCUT2D eigenvalue weighted by atomic mass is 10.1. The number of rotatable bonds is 5. The van der Waals surface area contributed by atoms with Gasteiger partial charge in [0.15, 0.2) is 0 Å². The van der Waals surface area contributed by atoms with Gasteiger partial charge in [0, 0.05) is 35.8 Å². The number of imidazole rings is 1.